The van der Waals surface area contributed by atoms with Crippen molar-refractivity contribution in [2.24, 2.45) is 0 Å². The number of ether oxygens (including phenoxy) is 2. The van der Waals surface area contributed by atoms with Gasteiger partial charge in [-0.2, -0.15) is 0 Å². The van der Waals surface area contributed by atoms with Gasteiger partial charge in [0.2, 0.25) is 0 Å². The summed E-state index contributed by atoms with van der Waals surface area (Å²) in [5, 5.41) is 6.01. The Bertz CT molecular complexity index is 576. The van der Waals surface area contributed by atoms with Gasteiger partial charge in [0.05, 0.1) is 7.11 Å². The summed E-state index contributed by atoms with van der Waals surface area (Å²) in [6.07, 6.45) is 3.79. The zero-order chi connectivity index (χ0) is 14.4. The van der Waals surface area contributed by atoms with Gasteiger partial charge in [0.25, 0.3) is 0 Å². The molecule has 0 saturated carbocycles. The molecule has 106 valence electrons. The number of methoxy groups -OCH3 is 1. The van der Waals surface area contributed by atoms with Crippen LogP contribution in [0.15, 0.2) is 41.4 Å². The van der Waals surface area contributed by atoms with E-state index in [0.717, 1.165) is 16.6 Å². The summed E-state index contributed by atoms with van der Waals surface area (Å²) in [4.78, 5) is 4.19. The molecule has 0 fully saturated rings. The van der Waals surface area contributed by atoms with Crippen LogP contribution < -0.4 is 14.8 Å². The summed E-state index contributed by atoms with van der Waals surface area (Å²) in [7, 11) is 1.64. The predicted molar refractivity (Wildman–Crippen MR) is 83.3 cm³/mol. The quantitative estimate of drug-likeness (QED) is 0.808. The monoisotopic (exact) mass is 290 g/mol. The summed E-state index contributed by atoms with van der Waals surface area (Å²) in [5.41, 5.74) is 2.15. The third-order valence-electron chi connectivity index (χ3n) is 2.58. The van der Waals surface area contributed by atoms with E-state index in [9.17, 15) is 0 Å². The zero-order valence-corrected chi connectivity index (χ0v) is 12.7. The molecule has 2 rings (SSSR count). The first kappa shape index (κ1) is 14.4. The summed E-state index contributed by atoms with van der Waals surface area (Å²) in [5.74, 6) is 1.43. The standard InChI is InChI=1S/C15H18N2O2S/c1-11(2)6-8-19-14-10-12(4-5-13(14)18-3)17-15-16-7-9-20-15/h4-7,9-10H,8H2,1-3H3,(H,16,17). The van der Waals surface area contributed by atoms with Gasteiger partial charge in [-0.1, -0.05) is 5.57 Å². The van der Waals surface area contributed by atoms with E-state index < -0.39 is 0 Å². The van der Waals surface area contributed by atoms with E-state index >= 15 is 0 Å². The Morgan fingerprint density at radius 1 is 1.35 bits per heavy atom. The topological polar surface area (TPSA) is 43.4 Å². The predicted octanol–water partition coefficient (Wildman–Crippen LogP) is 4.24. The van der Waals surface area contributed by atoms with E-state index in [0.29, 0.717) is 12.4 Å². The fraction of sp³-hybridized carbons (Fsp3) is 0.267. The van der Waals surface area contributed by atoms with Gasteiger partial charge in [-0.3, -0.25) is 0 Å². The number of hydrogen-bond acceptors (Lipinski definition) is 5. The minimum absolute atomic E-state index is 0.527. The molecule has 0 aliphatic carbocycles. The molecule has 0 unspecified atom stereocenters. The average molecular weight is 290 g/mol. The number of hydrogen-bond donors (Lipinski definition) is 1. The first-order chi connectivity index (χ1) is 9.69. The molecule has 0 spiro atoms. The first-order valence-electron chi connectivity index (χ1n) is 6.30. The molecule has 1 heterocycles. The van der Waals surface area contributed by atoms with Crippen LogP contribution in [-0.2, 0) is 0 Å². The van der Waals surface area contributed by atoms with Gasteiger partial charge < -0.3 is 14.8 Å². The number of aromatic nitrogens is 1. The van der Waals surface area contributed by atoms with Crippen LogP contribution in [0.3, 0.4) is 0 Å². The SMILES string of the molecule is COc1ccc(Nc2nccs2)cc1OCC=C(C)C. The minimum Gasteiger partial charge on any atom is -0.493 e. The molecule has 5 heteroatoms. The molecule has 0 aliphatic rings. The summed E-state index contributed by atoms with van der Waals surface area (Å²) in [6.45, 7) is 4.61. The van der Waals surface area contributed by atoms with Crippen molar-refractivity contribution in [1.29, 1.82) is 0 Å². The second-order valence-electron chi connectivity index (χ2n) is 4.42. The Morgan fingerprint density at radius 3 is 2.85 bits per heavy atom. The van der Waals surface area contributed by atoms with Crippen molar-refractivity contribution in [2.45, 2.75) is 13.8 Å². The van der Waals surface area contributed by atoms with E-state index in [2.05, 4.69) is 10.3 Å². The number of anilines is 2. The molecule has 1 aromatic carbocycles. The lowest BCUT2D eigenvalue weighted by Gasteiger charge is -2.11. The van der Waals surface area contributed by atoms with Crippen LogP contribution in [0.25, 0.3) is 0 Å². The molecule has 0 amide bonds. The summed E-state index contributed by atoms with van der Waals surface area (Å²) < 4.78 is 11.0. The summed E-state index contributed by atoms with van der Waals surface area (Å²) in [6, 6.07) is 5.74. The van der Waals surface area contributed by atoms with Gasteiger partial charge in [-0.15, -0.1) is 11.3 Å². The van der Waals surface area contributed by atoms with Crippen LogP contribution in [0, 0.1) is 0 Å². The van der Waals surface area contributed by atoms with Crippen LogP contribution >= 0.6 is 11.3 Å². The second kappa shape index (κ2) is 6.96. The number of allylic oxidation sites excluding steroid dienone is 1. The number of benzene rings is 1. The third kappa shape index (κ3) is 3.99. The second-order valence-corrected chi connectivity index (χ2v) is 5.31. The number of thiazole rings is 1. The van der Waals surface area contributed by atoms with Crippen LogP contribution in [0.2, 0.25) is 0 Å². The fourth-order valence-corrected chi connectivity index (χ4v) is 2.12. The smallest absolute Gasteiger partial charge is 0.187 e. The maximum atomic E-state index is 5.74. The van der Waals surface area contributed by atoms with Crippen LogP contribution in [-0.4, -0.2) is 18.7 Å². The molecular weight excluding hydrogens is 272 g/mol. The van der Waals surface area contributed by atoms with Gasteiger partial charge in [-0.25, -0.2) is 4.98 Å². The molecule has 0 aliphatic heterocycles. The maximum Gasteiger partial charge on any atom is 0.187 e. The maximum absolute atomic E-state index is 5.74. The van der Waals surface area contributed by atoms with Crippen molar-refractivity contribution in [1.82, 2.24) is 4.98 Å². The highest BCUT2D eigenvalue weighted by Gasteiger charge is 2.06. The Balaban J connectivity index is 2.13. The molecule has 1 N–H and O–H groups in total. The van der Waals surface area contributed by atoms with Crippen molar-refractivity contribution in [3.05, 3.63) is 41.4 Å². The highest BCUT2D eigenvalue weighted by molar-refractivity contribution is 7.13. The van der Waals surface area contributed by atoms with E-state index in [-0.39, 0.29) is 0 Å². The van der Waals surface area contributed by atoms with Crippen molar-refractivity contribution >= 4 is 22.2 Å². The first-order valence-corrected chi connectivity index (χ1v) is 7.17. The van der Waals surface area contributed by atoms with Crippen molar-refractivity contribution in [2.75, 3.05) is 19.0 Å². The molecule has 2 aromatic rings. The minimum atomic E-state index is 0.527. The lowest BCUT2D eigenvalue weighted by Crippen LogP contribution is -1.98. The van der Waals surface area contributed by atoms with Crippen LogP contribution in [0.5, 0.6) is 11.5 Å². The molecule has 0 bridgehead atoms. The molecule has 0 saturated heterocycles. The zero-order valence-electron chi connectivity index (χ0n) is 11.8. The third-order valence-corrected chi connectivity index (χ3v) is 3.27. The molecule has 20 heavy (non-hydrogen) atoms. The number of rotatable bonds is 6. The highest BCUT2D eigenvalue weighted by atomic mass is 32.1. The highest BCUT2D eigenvalue weighted by Crippen LogP contribution is 2.31. The van der Waals surface area contributed by atoms with Gasteiger partial charge in [0.15, 0.2) is 16.6 Å². The van der Waals surface area contributed by atoms with Crippen molar-refractivity contribution in [3.8, 4) is 11.5 Å². The average Bonchev–Trinajstić information content (AvgIpc) is 2.91. The Morgan fingerprint density at radius 2 is 2.20 bits per heavy atom. The Hall–Kier alpha value is -2.01. The molecule has 0 atom stereocenters. The van der Waals surface area contributed by atoms with Crippen LogP contribution in [0.4, 0.5) is 10.8 Å². The van der Waals surface area contributed by atoms with Crippen LogP contribution in [0.1, 0.15) is 13.8 Å². The van der Waals surface area contributed by atoms with Gasteiger partial charge in [-0.05, 0) is 32.1 Å². The fourth-order valence-electron chi connectivity index (χ4n) is 1.57. The van der Waals surface area contributed by atoms with Crippen molar-refractivity contribution in [3.63, 3.8) is 0 Å². The van der Waals surface area contributed by atoms with Gasteiger partial charge >= 0.3 is 0 Å². The molecular formula is C15H18N2O2S. The summed E-state index contributed by atoms with van der Waals surface area (Å²) >= 11 is 1.55. The normalized spacial score (nSPS) is 9.95. The Kier molecular flexibility index (Phi) is 5.01. The van der Waals surface area contributed by atoms with E-state index in [1.54, 1.807) is 24.6 Å². The Labute approximate surface area is 123 Å². The number of nitrogens with zero attached hydrogens (tertiary/aromatic N) is 1. The van der Waals surface area contributed by atoms with Gasteiger partial charge in [0.1, 0.15) is 6.61 Å². The van der Waals surface area contributed by atoms with E-state index in [1.807, 2.05) is 43.5 Å². The molecule has 1 aromatic heterocycles. The van der Waals surface area contributed by atoms with E-state index in [4.69, 9.17) is 9.47 Å². The number of nitrogens with one attached hydrogen (secondary N) is 1. The molecule has 4 nitrogen and oxygen atoms in total. The van der Waals surface area contributed by atoms with E-state index in [1.165, 1.54) is 5.57 Å². The lowest BCUT2D eigenvalue weighted by atomic mass is 10.2. The van der Waals surface area contributed by atoms with Crippen molar-refractivity contribution < 1.29 is 9.47 Å². The largest absolute Gasteiger partial charge is 0.493 e. The molecule has 0 radical (unpaired) electrons. The van der Waals surface area contributed by atoms with Gasteiger partial charge in [0, 0.05) is 23.3 Å². The lowest BCUT2D eigenvalue weighted by molar-refractivity contribution is 0.326.